The van der Waals surface area contributed by atoms with E-state index in [0.717, 1.165) is 23.3 Å². The van der Waals surface area contributed by atoms with Gasteiger partial charge in [0.05, 0.1) is 5.71 Å². The molecule has 0 atom stereocenters. The molecular formula is C21H26N2O2. The van der Waals surface area contributed by atoms with Gasteiger partial charge < -0.3 is 4.74 Å². The van der Waals surface area contributed by atoms with Crippen molar-refractivity contribution in [1.82, 2.24) is 5.01 Å². The Morgan fingerprint density at radius 2 is 1.44 bits per heavy atom. The zero-order valence-electron chi connectivity index (χ0n) is 15.4. The van der Waals surface area contributed by atoms with Crippen molar-refractivity contribution in [3.05, 3.63) is 71.8 Å². The molecule has 2 aromatic rings. The molecule has 0 radical (unpaired) electrons. The lowest BCUT2D eigenvalue weighted by Gasteiger charge is -2.25. The van der Waals surface area contributed by atoms with Crippen molar-refractivity contribution in [2.75, 3.05) is 6.54 Å². The minimum atomic E-state index is -0.557. The maximum Gasteiger partial charge on any atom is 0.430 e. The summed E-state index contributed by atoms with van der Waals surface area (Å²) >= 11 is 0. The lowest BCUT2D eigenvalue weighted by molar-refractivity contribution is 0.0255. The summed E-state index contributed by atoms with van der Waals surface area (Å²) in [6.07, 6.45) is 0.360. The van der Waals surface area contributed by atoms with Crippen molar-refractivity contribution < 1.29 is 9.53 Å². The standard InChI is InChI=1S/C21H26N2O2/c1-5-16-23(20(24)25-21(2,3)4)22-19(17-12-8-6-9-13-17)18-14-10-7-11-15-18/h6-15H,5,16H2,1-4H3. The third-order valence-electron chi connectivity index (χ3n) is 3.35. The van der Waals surface area contributed by atoms with E-state index in [0.29, 0.717) is 6.54 Å². The highest BCUT2D eigenvalue weighted by Gasteiger charge is 2.22. The van der Waals surface area contributed by atoms with E-state index in [4.69, 9.17) is 4.74 Å². The molecule has 132 valence electrons. The summed E-state index contributed by atoms with van der Waals surface area (Å²) in [5, 5.41) is 6.08. The van der Waals surface area contributed by atoms with Gasteiger partial charge in [-0.1, -0.05) is 67.6 Å². The number of benzene rings is 2. The van der Waals surface area contributed by atoms with E-state index >= 15 is 0 Å². The average Bonchev–Trinajstić information content (AvgIpc) is 2.58. The second-order valence-corrected chi connectivity index (χ2v) is 6.78. The summed E-state index contributed by atoms with van der Waals surface area (Å²) in [5.74, 6) is 0. The van der Waals surface area contributed by atoms with Crippen LogP contribution < -0.4 is 0 Å². The Bertz CT molecular complexity index is 662. The number of carbonyl (C=O) groups is 1. The molecule has 2 rings (SSSR count). The molecule has 2 aromatic carbocycles. The quantitative estimate of drug-likeness (QED) is 0.563. The maximum absolute atomic E-state index is 12.5. The molecule has 0 aliphatic carbocycles. The van der Waals surface area contributed by atoms with Crippen LogP contribution >= 0.6 is 0 Å². The Morgan fingerprint density at radius 1 is 0.960 bits per heavy atom. The van der Waals surface area contributed by atoms with Crippen LogP contribution in [0.4, 0.5) is 4.79 Å². The van der Waals surface area contributed by atoms with Crippen LogP contribution in [0.15, 0.2) is 65.8 Å². The fraction of sp³-hybridized carbons (Fsp3) is 0.333. The first-order valence-electron chi connectivity index (χ1n) is 8.60. The van der Waals surface area contributed by atoms with Gasteiger partial charge >= 0.3 is 6.09 Å². The zero-order valence-corrected chi connectivity index (χ0v) is 15.4. The number of hydrogen-bond donors (Lipinski definition) is 0. The molecule has 0 saturated carbocycles. The van der Waals surface area contributed by atoms with Gasteiger partial charge in [0.15, 0.2) is 0 Å². The van der Waals surface area contributed by atoms with Gasteiger partial charge in [-0.05, 0) is 27.2 Å². The number of hydrazone groups is 1. The monoisotopic (exact) mass is 338 g/mol. The summed E-state index contributed by atoms with van der Waals surface area (Å²) in [6.45, 7) is 8.08. The molecule has 25 heavy (non-hydrogen) atoms. The fourth-order valence-electron chi connectivity index (χ4n) is 2.30. The molecule has 0 N–H and O–H groups in total. The minimum absolute atomic E-state index is 0.432. The molecule has 0 bridgehead atoms. The number of carbonyl (C=O) groups excluding carboxylic acids is 1. The summed E-state index contributed by atoms with van der Waals surface area (Å²) < 4.78 is 5.50. The Labute approximate surface area is 150 Å². The van der Waals surface area contributed by atoms with Crippen LogP contribution in [0.1, 0.15) is 45.2 Å². The van der Waals surface area contributed by atoms with Gasteiger partial charge in [0.1, 0.15) is 5.60 Å². The molecule has 0 saturated heterocycles. The van der Waals surface area contributed by atoms with Crippen LogP contribution in [-0.2, 0) is 4.74 Å². The molecule has 0 aromatic heterocycles. The van der Waals surface area contributed by atoms with E-state index in [1.807, 2.05) is 88.4 Å². The second kappa shape index (κ2) is 8.47. The molecule has 4 heteroatoms. The van der Waals surface area contributed by atoms with Crippen LogP contribution in [-0.4, -0.2) is 29.0 Å². The average molecular weight is 338 g/mol. The predicted octanol–water partition coefficient (Wildman–Crippen LogP) is 5.09. The smallest absolute Gasteiger partial charge is 0.430 e. The number of hydrogen-bond acceptors (Lipinski definition) is 3. The first kappa shape index (κ1) is 18.7. The van der Waals surface area contributed by atoms with E-state index in [1.54, 1.807) is 0 Å². The van der Waals surface area contributed by atoms with E-state index in [9.17, 15) is 4.79 Å². The maximum atomic E-state index is 12.5. The Balaban J connectivity index is 2.44. The van der Waals surface area contributed by atoms with Gasteiger partial charge in [-0.15, -0.1) is 0 Å². The fourth-order valence-corrected chi connectivity index (χ4v) is 2.30. The van der Waals surface area contributed by atoms with Crippen LogP contribution in [0, 0.1) is 0 Å². The number of ether oxygens (including phenoxy) is 1. The molecule has 0 spiro atoms. The van der Waals surface area contributed by atoms with E-state index in [1.165, 1.54) is 5.01 Å². The van der Waals surface area contributed by atoms with Gasteiger partial charge in [-0.25, -0.2) is 4.79 Å². The minimum Gasteiger partial charge on any atom is -0.442 e. The highest BCUT2D eigenvalue weighted by molar-refractivity contribution is 6.13. The molecule has 0 unspecified atom stereocenters. The topological polar surface area (TPSA) is 41.9 Å². The molecule has 0 aliphatic heterocycles. The van der Waals surface area contributed by atoms with E-state index in [-0.39, 0.29) is 0 Å². The Hall–Kier alpha value is -2.62. The summed E-state index contributed by atoms with van der Waals surface area (Å²) in [5.41, 5.74) is 2.11. The van der Waals surface area contributed by atoms with Gasteiger partial charge in [-0.3, -0.25) is 0 Å². The molecule has 0 aliphatic rings. The van der Waals surface area contributed by atoms with Crippen molar-refractivity contribution >= 4 is 11.8 Å². The normalized spacial score (nSPS) is 10.9. The largest absolute Gasteiger partial charge is 0.442 e. The van der Waals surface area contributed by atoms with E-state index < -0.39 is 11.7 Å². The van der Waals surface area contributed by atoms with Crippen molar-refractivity contribution in [3.8, 4) is 0 Å². The lowest BCUT2D eigenvalue weighted by atomic mass is 10.0. The van der Waals surface area contributed by atoms with Gasteiger partial charge in [0, 0.05) is 17.7 Å². The first-order chi connectivity index (χ1) is 11.9. The predicted molar refractivity (Wildman–Crippen MR) is 102 cm³/mol. The van der Waals surface area contributed by atoms with Gasteiger partial charge in [-0.2, -0.15) is 10.1 Å². The molecule has 0 fully saturated rings. The first-order valence-corrected chi connectivity index (χ1v) is 8.60. The van der Waals surface area contributed by atoms with Gasteiger partial charge in [0.25, 0.3) is 0 Å². The molecule has 4 nitrogen and oxygen atoms in total. The number of rotatable bonds is 5. The Morgan fingerprint density at radius 3 is 1.84 bits per heavy atom. The molecular weight excluding hydrogens is 312 g/mol. The molecule has 1 amide bonds. The van der Waals surface area contributed by atoms with Crippen molar-refractivity contribution in [2.24, 2.45) is 5.10 Å². The number of nitrogens with zero attached hydrogens (tertiary/aromatic N) is 2. The summed E-state index contributed by atoms with van der Waals surface area (Å²) in [7, 11) is 0. The van der Waals surface area contributed by atoms with Crippen LogP contribution in [0.2, 0.25) is 0 Å². The third-order valence-corrected chi connectivity index (χ3v) is 3.35. The Kier molecular flexibility index (Phi) is 6.34. The zero-order chi connectivity index (χ0) is 18.3. The summed E-state index contributed by atoms with van der Waals surface area (Å²) in [6, 6.07) is 19.7. The highest BCUT2D eigenvalue weighted by Crippen LogP contribution is 2.15. The highest BCUT2D eigenvalue weighted by atomic mass is 16.6. The third kappa shape index (κ3) is 5.75. The molecule has 0 heterocycles. The lowest BCUT2D eigenvalue weighted by Crippen LogP contribution is -2.35. The van der Waals surface area contributed by atoms with Crippen molar-refractivity contribution in [1.29, 1.82) is 0 Å². The van der Waals surface area contributed by atoms with Crippen LogP contribution in [0.3, 0.4) is 0 Å². The van der Waals surface area contributed by atoms with Crippen LogP contribution in [0.5, 0.6) is 0 Å². The number of amides is 1. The van der Waals surface area contributed by atoms with Gasteiger partial charge in [0.2, 0.25) is 0 Å². The summed E-state index contributed by atoms with van der Waals surface area (Å²) in [4.78, 5) is 12.5. The van der Waals surface area contributed by atoms with Crippen molar-refractivity contribution in [3.63, 3.8) is 0 Å². The van der Waals surface area contributed by atoms with Crippen LogP contribution in [0.25, 0.3) is 0 Å². The second-order valence-electron chi connectivity index (χ2n) is 6.78. The SMILES string of the molecule is CCCN(N=C(c1ccccc1)c1ccccc1)C(=O)OC(C)(C)C. The van der Waals surface area contributed by atoms with E-state index in [2.05, 4.69) is 5.10 Å². The van der Waals surface area contributed by atoms with Crippen molar-refractivity contribution in [2.45, 2.75) is 39.7 Å².